The summed E-state index contributed by atoms with van der Waals surface area (Å²) in [6.07, 6.45) is 0.0897. The summed E-state index contributed by atoms with van der Waals surface area (Å²) in [4.78, 5) is 17.1. The number of ether oxygens (including phenoxy) is 1. The van der Waals surface area contributed by atoms with Gasteiger partial charge >= 0.3 is 5.97 Å². The maximum atomic E-state index is 11.8. The zero-order chi connectivity index (χ0) is 18.0. The number of aliphatic imine (C=N–C) groups is 1. The first-order chi connectivity index (χ1) is 12.0. The SMILES string of the molecule is COC(=O)C[C@@H]1N=C(c2ccc(Cl)cc2)c2cc(C)ccc2NC1=S. The Labute approximate surface area is 156 Å². The van der Waals surface area contributed by atoms with E-state index in [1.165, 1.54) is 7.11 Å². The number of aryl methyl sites for hydroxylation is 1. The van der Waals surface area contributed by atoms with E-state index in [1.807, 2.05) is 43.3 Å². The highest BCUT2D eigenvalue weighted by atomic mass is 35.5. The van der Waals surface area contributed by atoms with Crippen LogP contribution in [0.4, 0.5) is 5.69 Å². The highest BCUT2D eigenvalue weighted by Crippen LogP contribution is 2.27. The van der Waals surface area contributed by atoms with Gasteiger partial charge in [0.15, 0.2) is 0 Å². The molecule has 0 bridgehead atoms. The van der Waals surface area contributed by atoms with Crippen LogP contribution in [0.3, 0.4) is 0 Å². The Morgan fingerprint density at radius 1 is 1.28 bits per heavy atom. The van der Waals surface area contributed by atoms with Gasteiger partial charge in [-0.2, -0.15) is 0 Å². The number of thiocarbonyl (C=S) groups is 1. The Kier molecular flexibility index (Phi) is 5.16. The number of esters is 1. The summed E-state index contributed by atoms with van der Waals surface area (Å²) in [5.41, 5.74) is 4.61. The number of carbonyl (C=O) groups excluding carboxylic acids is 1. The number of fused-ring (bicyclic) bond motifs is 1. The van der Waals surface area contributed by atoms with Gasteiger partial charge in [-0.3, -0.25) is 9.79 Å². The molecule has 3 rings (SSSR count). The molecular formula is C19H17ClN2O2S. The number of benzene rings is 2. The van der Waals surface area contributed by atoms with E-state index in [2.05, 4.69) is 11.4 Å². The number of carbonyl (C=O) groups is 1. The number of nitrogens with one attached hydrogen (secondary N) is 1. The highest BCUT2D eigenvalue weighted by molar-refractivity contribution is 7.80. The van der Waals surface area contributed by atoms with Crippen LogP contribution in [0.15, 0.2) is 47.5 Å². The molecule has 0 amide bonds. The smallest absolute Gasteiger partial charge is 0.308 e. The molecule has 0 saturated heterocycles. The molecule has 1 aliphatic heterocycles. The fourth-order valence-electron chi connectivity index (χ4n) is 2.68. The molecule has 128 valence electrons. The average Bonchev–Trinajstić information content (AvgIpc) is 2.73. The van der Waals surface area contributed by atoms with E-state index in [1.54, 1.807) is 0 Å². The van der Waals surface area contributed by atoms with Crippen molar-refractivity contribution in [2.45, 2.75) is 19.4 Å². The van der Waals surface area contributed by atoms with Crippen LogP contribution in [0.25, 0.3) is 0 Å². The Morgan fingerprint density at radius 2 is 2.00 bits per heavy atom. The monoisotopic (exact) mass is 372 g/mol. The van der Waals surface area contributed by atoms with E-state index >= 15 is 0 Å². The number of anilines is 1. The van der Waals surface area contributed by atoms with Gasteiger partial charge in [-0.05, 0) is 31.2 Å². The summed E-state index contributed by atoms with van der Waals surface area (Å²) >= 11 is 11.5. The van der Waals surface area contributed by atoms with Crippen LogP contribution < -0.4 is 5.32 Å². The Balaban J connectivity index is 2.14. The fourth-order valence-corrected chi connectivity index (χ4v) is 3.05. The molecule has 25 heavy (non-hydrogen) atoms. The molecule has 6 heteroatoms. The molecule has 4 nitrogen and oxygen atoms in total. The number of hydrogen-bond donors (Lipinski definition) is 1. The van der Waals surface area contributed by atoms with Crippen molar-refractivity contribution in [3.05, 3.63) is 64.2 Å². The molecule has 1 N–H and O–H groups in total. The van der Waals surface area contributed by atoms with Crippen LogP contribution in [0, 0.1) is 6.92 Å². The lowest BCUT2D eigenvalue weighted by Gasteiger charge is -2.12. The van der Waals surface area contributed by atoms with Gasteiger partial charge in [0.1, 0.15) is 11.0 Å². The maximum absolute atomic E-state index is 11.8. The Morgan fingerprint density at radius 3 is 2.68 bits per heavy atom. The van der Waals surface area contributed by atoms with E-state index < -0.39 is 6.04 Å². The zero-order valence-electron chi connectivity index (χ0n) is 13.9. The number of hydrogen-bond acceptors (Lipinski definition) is 4. The molecule has 0 aliphatic carbocycles. The number of methoxy groups -OCH3 is 1. The number of halogens is 1. The van der Waals surface area contributed by atoms with Gasteiger partial charge in [0.2, 0.25) is 0 Å². The molecule has 0 radical (unpaired) electrons. The molecule has 2 aromatic carbocycles. The normalized spacial score (nSPS) is 16.4. The second kappa shape index (κ2) is 7.33. The minimum atomic E-state index is -0.485. The molecule has 1 aliphatic rings. The largest absolute Gasteiger partial charge is 0.469 e. The van der Waals surface area contributed by atoms with E-state index in [9.17, 15) is 4.79 Å². The van der Waals surface area contributed by atoms with Gasteiger partial charge in [-0.15, -0.1) is 0 Å². The van der Waals surface area contributed by atoms with Crippen molar-refractivity contribution in [2.24, 2.45) is 4.99 Å². The standard InChI is InChI=1S/C19H17ClN2O2S/c1-11-3-8-15-14(9-11)18(12-4-6-13(20)7-5-12)21-16(19(25)22-15)10-17(23)24-2/h3-9,16H,10H2,1-2H3,(H,22,25)/t16-/m0/s1. The molecular weight excluding hydrogens is 356 g/mol. The lowest BCUT2D eigenvalue weighted by atomic mass is 9.99. The molecule has 0 fully saturated rings. The molecule has 0 aromatic heterocycles. The minimum Gasteiger partial charge on any atom is -0.469 e. The third-order valence-corrected chi connectivity index (χ3v) is 4.61. The van der Waals surface area contributed by atoms with Crippen molar-refractivity contribution in [1.82, 2.24) is 0 Å². The van der Waals surface area contributed by atoms with E-state index in [4.69, 9.17) is 33.5 Å². The van der Waals surface area contributed by atoms with Crippen LogP contribution >= 0.6 is 23.8 Å². The Bertz CT molecular complexity index is 862. The quantitative estimate of drug-likeness (QED) is 0.649. The summed E-state index contributed by atoms with van der Waals surface area (Å²) in [6.45, 7) is 2.02. The fraction of sp³-hybridized carbons (Fsp3) is 0.211. The number of benzodiazepines with no additional fused rings is 1. The first-order valence-corrected chi connectivity index (χ1v) is 8.59. The summed E-state index contributed by atoms with van der Waals surface area (Å²) in [6, 6.07) is 13.0. The van der Waals surface area contributed by atoms with E-state index in [0.29, 0.717) is 10.0 Å². The first-order valence-electron chi connectivity index (χ1n) is 7.80. The second-order valence-corrected chi connectivity index (χ2v) is 6.70. The van der Waals surface area contributed by atoms with Crippen molar-refractivity contribution < 1.29 is 9.53 Å². The number of rotatable bonds is 3. The van der Waals surface area contributed by atoms with E-state index in [-0.39, 0.29) is 12.4 Å². The van der Waals surface area contributed by atoms with Gasteiger partial charge in [0, 0.05) is 21.8 Å². The van der Waals surface area contributed by atoms with Crippen molar-refractivity contribution in [3.63, 3.8) is 0 Å². The molecule has 1 heterocycles. The van der Waals surface area contributed by atoms with Crippen LogP contribution in [-0.4, -0.2) is 29.8 Å². The molecule has 1 atom stereocenters. The lowest BCUT2D eigenvalue weighted by molar-refractivity contribution is -0.140. The summed E-state index contributed by atoms with van der Waals surface area (Å²) in [5.74, 6) is -0.351. The van der Waals surface area contributed by atoms with Crippen molar-refractivity contribution >= 4 is 46.2 Å². The van der Waals surface area contributed by atoms with Crippen LogP contribution in [0.1, 0.15) is 23.1 Å². The topological polar surface area (TPSA) is 50.7 Å². The average molecular weight is 373 g/mol. The van der Waals surface area contributed by atoms with Gasteiger partial charge in [0.05, 0.1) is 19.2 Å². The van der Waals surface area contributed by atoms with Crippen LogP contribution in [-0.2, 0) is 9.53 Å². The molecule has 0 unspecified atom stereocenters. The van der Waals surface area contributed by atoms with Crippen molar-refractivity contribution in [1.29, 1.82) is 0 Å². The zero-order valence-corrected chi connectivity index (χ0v) is 15.4. The Hall–Kier alpha value is -2.24. The van der Waals surface area contributed by atoms with Gasteiger partial charge in [0.25, 0.3) is 0 Å². The molecule has 0 saturated carbocycles. The predicted octanol–water partition coefficient (Wildman–Crippen LogP) is 4.17. The second-order valence-electron chi connectivity index (χ2n) is 5.82. The lowest BCUT2D eigenvalue weighted by Crippen LogP contribution is -2.26. The molecule has 2 aromatic rings. The first kappa shape index (κ1) is 17.6. The summed E-state index contributed by atoms with van der Waals surface area (Å²) < 4.78 is 4.78. The van der Waals surface area contributed by atoms with Gasteiger partial charge in [-0.1, -0.05) is 47.6 Å². The highest BCUT2D eigenvalue weighted by Gasteiger charge is 2.25. The van der Waals surface area contributed by atoms with Crippen LogP contribution in [0.2, 0.25) is 5.02 Å². The maximum Gasteiger partial charge on any atom is 0.308 e. The number of nitrogens with zero attached hydrogens (tertiary/aromatic N) is 1. The predicted molar refractivity (Wildman–Crippen MR) is 105 cm³/mol. The van der Waals surface area contributed by atoms with Gasteiger partial charge in [-0.25, -0.2) is 0 Å². The third kappa shape index (κ3) is 3.89. The van der Waals surface area contributed by atoms with Crippen LogP contribution in [0.5, 0.6) is 0 Å². The summed E-state index contributed by atoms with van der Waals surface area (Å²) in [5, 5.41) is 3.88. The van der Waals surface area contributed by atoms with Crippen molar-refractivity contribution in [3.8, 4) is 0 Å². The third-order valence-electron chi connectivity index (χ3n) is 3.98. The molecule has 0 spiro atoms. The van der Waals surface area contributed by atoms with Gasteiger partial charge < -0.3 is 10.1 Å². The summed E-state index contributed by atoms with van der Waals surface area (Å²) in [7, 11) is 1.36. The van der Waals surface area contributed by atoms with Crippen molar-refractivity contribution in [2.75, 3.05) is 12.4 Å². The minimum absolute atomic E-state index is 0.0897. The van der Waals surface area contributed by atoms with E-state index in [0.717, 1.165) is 28.1 Å².